The summed E-state index contributed by atoms with van der Waals surface area (Å²) in [5.74, 6) is 0.820. The third-order valence-electron chi connectivity index (χ3n) is 3.27. The molecule has 6 nitrogen and oxygen atoms in total. The molecule has 2 heterocycles. The molecule has 0 aliphatic rings. The van der Waals surface area contributed by atoms with Gasteiger partial charge in [-0.15, -0.1) is 0 Å². The van der Waals surface area contributed by atoms with Crippen LogP contribution in [0.4, 0.5) is 5.69 Å². The topological polar surface area (TPSA) is 61.4 Å². The number of ether oxygens (including phenoxy) is 1. The molecule has 0 unspecified atom stereocenters. The van der Waals surface area contributed by atoms with Gasteiger partial charge in [-0.25, -0.2) is 9.67 Å². The second kappa shape index (κ2) is 5.76. The average Bonchev–Trinajstić information content (AvgIpc) is 2.82. The van der Waals surface area contributed by atoms with Crippen molar-refractivity contribution in [2.24, 2.45) is 19.1 Å². The fraction of sp³-hybridized carbons (Fsp3) is 0.267. The summed E-state index contributed by atoms with van der Waals surface area (Å²) in [4.78, 5) is 17.5. The highest BCUT2D eigenvalue weighted by Crippen LogP contribution is 2.18. The maximum Gasteiger partial charge on any atom is 0.291 e. The summed E-state index contributed by atoms with van der Waals surface area (Å²) in [5, 5.41) is 4.04. The molecule has 0 atom stereocenters. The molecule has 0 aliphatic heterocycles. The number of fused-ring (bicyclic) bond motifs is 1. The quantitative estimate of drug-likeness (QED) is 0.742. The molecule has 114 valence electrons. The standard InChI is InChI=1S/C15H16N4O2S/c1-4-21-11-7-5-10(6-8-11)17-15-18(2)13-12(22-15)9-16-19(3)14(13)20/h5-9H,4H2,1-3H3. The molecule has 22 heavy (non-hydrogen) atoms. The van der Waals surface area contributed by atoms with Crippen molar-refractivity contribution in [3.63, 3.8) is 0 Å². The van der Waals surface area contributed by atoms with Gasteiger partial charge >= 0.3 is 0 Å². The van der Waals surface area contributed by atoms with Crippen LogP contribution in [0.5, 0.6) is 5.75 Å². The zero-order valence-corrected chi connectivity index (χ0v) is 13.4. The molecule has 2 aromatic heterocycles. The number of benzene rings is 1. The number of rotatable bonds is 3. The van der Waals surface area contributed by atoms with Gasteiger partial charge in [0, 0.05) is 14.1 Å². The number of aryl methyl sites for hydroxylation is 2. The maximum atomic E-state index is 12.2. The molecular weight excluding hydrogens is 300 g/mol. The smallest absolute Gasteiger partial charge is 0.291 e. The molecule has 0 fully saturated rings. The van der Waals surface area contributed by atoms with Gasteiger partial charge in [0.2, 0.25) is 0 Å². The molecule has 1 aromatic carbocycles. The summed E-state index contributed by atoms with van der Waals surface area (Å²) in [6, 6.07) is 7.56. The minimum Gasteiger partial charge on any atom is -0.494 e. The van der Waals surface area contributed by atoms with Crippen molar-refractivity contribution in [1.82, 2.24) is 14.3 Å². The van der Waals surface area contributed by atoms with E-state index >= 15 is 0 Å². The van der Waals surface area contributed by atoms with Crippen LogP contribution in [0, 0.1) is 0 Å². The van der Waals surface area contributed by atoms with Crippen LogP contribution >= 0.6 is 11.3 Å². The Morgan fingerprint density at radius 2 is 2.00 bits per heavy atom. The molecule has 3 aromatic rings. The van der Waals surface area contributed by atoms with Gasteiger partial charge in [0.15, 0.2) is 4.80 Å². The average molecular weight is 316 g/mol. The van der Waals surface area contributed by atoms with Gasteiger partial charge < -0.3 is 9.30 Å². The van der Waals surface area contributed by atoms with E-state index in [-0.39, 0.29) is 5.56 Å². The minimum absolute atomic E-state index is 0.121. The third-order valence-corrected chi connectivity index (χ3v) is 4.34. The Kier molecular flexibility index (Phi) is 3.81. The van der Waals surface area contributed by atoms with E-state index in [1.807, 2.05) is 38.2 Å². The highest BCUT2D eigenvalue weighted by Gasteiger charge is 2.08. The summed E-state index contributed by atoms with van der Waals surface area (Å²) >= 11 is 1.45. The first-order chi connectivity index (χ1) is 10.6. The van der Waals surface area contributed by atoms with E-state index in [9.17, 15) is 4.79 Å². The van der Waals surface area contributed by atoms with Gasteiger partial charge in [0.1, 0.15) is 11.3 Å². The van der Waals surface area contributed by atoms with E-state index < -0.39 is 0 Å². The first kappa shape index (κ1) is 14.5. The van der Waals surface area contributed by atoms with Crippen molar-refractivity contribution in [1.29, 1.82) is 0 Å². The number of hydrogen-bond donors (Lipinski definition) is 0. The van der Waals surface area contributed by atoms with Gasteiger partial charge in [-0.05, 0) is 31.2 Å². The van der Waals surface area contributed by atoms with Crippen molar-refractivity contribution >= 4 is 27.2 Å². The molecule has 7 heteroatoms. The molecule has 0 amide bonds. The van der Waals surface area contributed by atoms with Crippen LogP contribution < -0.4 is 15.1 Å². The SMILES string of the molecule is CCOc1ccc(N=c2sc3cnn(C)c(=O)c3n2C)cc1. The monoisotopic (exact) mass is 316 g/mol. The normalized spacial score (nSPS) is 12.0. The maximum absolute atomic E-state index is 12.2. The van der Waals surface area contributed by atoms with Crippen molar-refractivity contribution in [2.75, 3.05) is 6.61 Å². The van der Waals surface area contributed by atoms with Crippen LogP contribution in [0.3, 0.4) is 0 Å². The van der Waals surface area contributed by atoms with Crippen molar-refractivity contribution in [3.8, 4) is 5.75 Å². The van der Waals surface area contributed by atoms with Crippen LogP contribution in [0.25, 0.3) is 10.2 Å². The van der Waals surface area contributed by atoms with Crippen molar-refractivity contribution in [3.05, 3.63) is 45.6 Å². The summed E-state index contributed by atoms with van der Waals surface area (Å²) in [6.07, 6.45) is 1.69. The second-order valence-corrected chi connectivity index (χ2v) is 5.78. The Morgan fingerprint density at radius 3 is 2.68 bits per heavy atom. The van der Waals surface area contributed by atoms with Crippen LogP contribution in [-0.2, 0) is 14.1 Å². The lowest BCUT2D eigenvalue weighted by molar-refractivity contribution is 0.340. The Hall–Kier alpha value is -2.41. The zero-order chi connectivity index (χ0) is 15.7. The first-order valence-electron chi connectivity index (χ1n) is 6.89. The van der Waals surface area contributed by atoms with Crippen molar-refractivity contribution < 1.29 is 4.74 Å². The predicted molar refractivity (Wildman–Crippen MR) is 86.7 cm³/mol. The summed E-state index contributed by atoms with van der Waals surface area (Å²) in [6.45, 7) is 2.59. The van der Waals surface area contributed by atoms with Crippen molar-refractivity contribution in [2.45, 2.75) is 6.92 Å². The molecular formula is C15H16N4O2S. The van der Waals surface area contributed by atoms with Gasteiger partial charge in [-0.2, -0.15) is 5.10 Å². The largest absolute Gasteiger partial charge is 0.494 e. The van der Waals surface area contributed by atoms with Crippen LogP contribution in [0.2, 0.25) is 0 Å². The van der Waals surface area contributed by atoms with Gasteiger partial charge in [-0.1, -0.05) is 11.3 Å². The molecule has 3 rings (SSSR count). The predicted octanol–water partition coefficient (Wildman–Crippen LogP) is 1.96. The summed E-state index contributed by atoms with van der Waals surface area (Å²) in [7, 11) is 3.48. The lowest BCUT2D eigenvalue weighted by Gasteiger charge is -2.02. The molecule has 0 spiro atoms. The molecule has 0 saturated heterocycles. The molecule has 0 saturated carbocycles. The highest BCUT2D eigenvalue weighted by atomic mass is 32.1. The molecule has 0 bridgehead atoms. The van der Waals surface area contributed by atoms with Gasteiger partial charge in [-0.3, -0.25) is 4.79 Å². The van der Waals surface area contributed by atoms with E-state index in [2.05, 4.69) is 10.1 Å². The van der Waals surface area contributed by atoms with Crippen LogP contribution in [-0.4, -0.2) is 21.0 Å². The molecule has 0 radical (unpaired) electrons. The Labute approximate surface area is 130 Å². The fourth-order valence-electron chi connectivity index (χ4n) is 2.15. The third kappa shape index (κ3) is 2.55. The van der Waals surface area contributed by atoms with E-state index in [0.29, 0.717) is 12.1 Å². The van der Waals surface area contributed by atoms with Gasteiger partial charge in [0.25, 0.3) is 5.56 Å². The summed E-state index contributed by atoms with van der Waals surface area (Å²) in [5.41, 5.74) is 1.31. The Bertz CT molecular complexity index is 935. The Balaban J connectivity index is 2.11. The lowest BCUT2D eigenvalue weighted by Crippen LogP contribution is -2.22. The number of nitrogens with zero attached hydrogens (tertiary/aromatic N) is 4. The Morgan fingerprint density at radius 1 is 1.27 bits per heavy atom. The van der Waals surface area contributed by atoms with Crippen LogP contribution in [0.1, 0.15) is 6.92 Å². The number of thiazole rings is 1. The number of aromatic nitrogens is 3. The van der Waals surface area contributed by atoms with E-state index in [0.717, 1.165) is 20.9 Å². The zero-order valence-electron chi connectivity index (χ0n) is 12.6. The second-order valence-electron chi connectivity index (χ2n) is 4.77. The van der Waals surface area contributed by atoms with E-state index in [4.69, 9.17) is 4.74 Å². The van der Waals surface area contributed by atoms with Crippen LogP contribution in [0.15, 0.2) is 40.2 Å². The number of hydrogen-bond acceptors (Lipinski definition) is 5. The van der Waals surface area contributed by atoms with E-state index in [1.165, 1.54) is 16.0 Å². The summed E-state index contributed by atoms with van der Waals surface area (Å²) < 4.78 is 9.38. The first-order valence-corrected chi connectivity index (χ1v) is 7.71. The van der Waals surface area contributed by atoms with Gasteiger partial charge in [0.05, 0.1) is 23.2 Å². The minimum atomic E-state index is -0.121. The molecule has 0 N–H and O–H groups in total. The highest BCUT2D eigenvalue weighted by molar-refractivity contribution is 7.16. The molecule has 0 aliphatic carbocycles. The fourth-order valence-corrected chi connectivity index (χ4v) is 3.15. The van der Waals surface area contributed by atoms with E-state index in [1.54, 1.807) is 17.8 Å². The lowest BCUT2D eigenvalue weighted by atomic mass is 10.3.